The number of hydrogen-bond acceptors (Lipinski definition) is 4. The van der Waals surface area contributed by atoms with E-state index in [-0.39, 0.29) is 0 Å². The molecule has 0 radical (unpaired) electrons. The molecule has 1 aliphatic carbocycles. The minimum atomic E-state index is 0.298. The van der Waals surface area contributed by atoms with E-state index in [0.29, 0.717) is 12.5 Å². The normalized spacial score (nSPS) is 20.0. The summed E-state index contributed by atoms with van der Waals surface area (Å²) < 4.78 is 5.40. The molecule has 0 bridgehead atoms. The molecular formula is C27H35N3O2. The Morgan fingerprint density at radius 2 is 1.72 bits per heavy atom. The van der Waals surface area contributed by atoms with Gasteiger partial charge in [-0.05, 0) is 66.1 Å². The van der Waals surface area contributed by atoms with Crippen molar-refractivity contribution in [2.75, 3.05) is 46.4 Å². The van der Waals surface area contributed by atoms with Gasteiger partial charge in [-0.3, -0.25) is 14.6 Å². The Labute approximate surface area is 191 Å². The summed E-state index contributed by atoms with van der Waals surface area (Å²) in [5, 5.41) is 0. The van der Waals surface area contributed by atoms with E-state index in [1.54, 1.807) is 7.11 Å². The number of nitrogens with zero attached hydrogens (tertiary/aromatic N) is 3. The lowest BCUT2D eigenvalue weighted by atomic mass is 9.91. The minimum Gasteiger partial charge on any atom is -0.496 e. The molecule has 5 heteroatoms. The van der Waals surface area contributed by atoms with Crippen LogP contribution >= 0.6 is 0 Å². The van der Waals surface area contributed by atoms with Crippen LogP contribution in [-0.2, 0) is 17.8 Å². The number of carbonyl (C=O) groups excluding carboxylic acids is 1. The highest BCUT2D eigenvalue weighted by Crippen LogP contribution is 2.30. The smallest absolute Gasteiger partial charge is 0.236 e. The average Bonchev–Trinajstić information content (AvgIpc) is 2.78. The number of methoxy groups -OCH3 is 1. The first kappa shape index (κ1) is 21.5. The molecule has 0 spiro atoms. The van der Waals surface area contributed by atoms with Gasteiger partial charge >= 0.3 is 0 Å². The molecule has 32 heavy (non-hydrogen) atoms. The first-order valence-corrected chi connectivity index (χ1v) is 12.1. The predicted octanol–water partition coefficient (Wildman–Crippen LogP) is 3.73. The second-order valence-corrected chi connectivity index (χ2v) is 9.63. The fraction of sp³-hybridized carbons (Fsp3) is 0.519. The number of carbonyl (C=O) groups is 1. The second kappa shape index (κ2) is 9.24. The molecule has 0 aromatic heterocycles. The first-order chi connectivity index (χ1) is 15.6. The van der Waals surface area contributed by atoms with Crippen molar-refractivity contribution >= 4 is 5.91 Å². The highest BCUT2D eigenvalue weighted by atomic mass is 16.5. The van der Waals surface area contributed by atoms with Crippen molar-refractivity contribution in [2.45, 2.75) is 45.2 Å². The maximum atomic E-state index is 12.9. The van der Waals surface area contributed by atoms with E-state index in [1.807, 2.05) is 6.07 Å². The fourth-order valence-corrected chi connectivity index (χ4v) is 5.36. The molecular weight excluding hydrogens is 398 g/mol. The number of hydrogen-bond donors (Lipinski definition) is 0. The number of aryl methyl sites for hydroxylation is 1. The summed E-state index contributed by atoms with van der Waals surface area (Å²) in [4.78, 5) is 19.9. The molecule has 5 rings (SSSR count). The molecule has 2 heterocycles. The van der Waals surface area contributed by atoms with Gasteiger partial charge in [-0.15, -0.1) is 0 Å². The molecule has 1 saturated carbocycles. The van der Waals surface area contributed by atoms with Gasteiger partial charge in [-0.25, -0.2) is 0 Å². The van der Waals surface area contributed by atoms with Crippen molar-refractivity contribution < 1.29 is 9.53 Å². The van der Waals surface area contributed by atoms with E-state index in [0.717, 1.165) is 63.0 Å². The molecule has 0 N–H and O–H groups in total. The third-order valence-corrected chi connectivity index (χ3v) is 7.64. The molecule has 1 saturated heterocycles. The van der Waals surface area contributed by atoms with Gasteiger partial charge in [-0.1, -0.05) is 30.7 Å². The SMILES string of the molecule is COc1ccc(-c2ccc3c(c2)CCN(CC(=O)N2CCN(C4CCC4)CC2)C3)cc1C. The van der Waals surface area contributed by atoms with Crippen molar-refractivity contribution in [3.05, 3.63) is 53.1 Å². The van der Waals surface area contributed by atoms with Gasteiger partial charge in [0.1, 0.15) is 5.75 Å². The number of fused-ring (bicyclic) bond motifs is 1. The number of piperazine rings is 1. The fourth-order valence-electron chi connectivity index (χ4n) is 5.36. The molecule has 0 unspecified atom stereocenters. The Kier molecular flexibility index (Phi) is 6.20. The standard InChI is InChI=1S/C27H35N3O2/c1-20-16-21(8-9-26(20)32-2)22-6-7-24-18-28(11-10-23(24)17-22)19-27(31)30-14-12-29(13-15-30)25-4-3-5-25/h6-9,16-17,25H,3-5,10-15,18-19H2,1-2H3. The quantitative estimate of drug-likeness (QED) is 0.720. The third-order valence-electron chi connectivity index (χ3n) is 7.64. The van der Waals surface area contributed by atoms with Crippen LogP contribution in [0, 0.1) is 6.92 Å². The zero-order valence-electron chi connectivity index (χ0n) is 19.5. The molecule has 2 aromatic carbocycles. The second-order valence-electron chi connectivity index (χ2n) is 9.63. The van der Waals surface area contributed by atoms with Crippen LogP contribution in [0.2, 0.25) is 0 Å². The van der Waals surface area contributed by atoms with Gasteiger partial charge in [-0.2, -0.15) is 0 Å². The van der Waals surface area contributed by atoms with Crippen LogP contribution in [0.1, 0.15) is 36.0 Å². The van der Waals surface area contributed by atoms with Crippen LogP contribution in [0.4, 0.5) is 0 Å². The predicted molar refractivity (Wildman–Crippen MR) is 128 cm³/mol. The van der Waals surface area contributed by atoms with Crippen LogP contribution in [0.3, 0.4) is 0 Å². The molecule has 0 atom stereocenters. The van der Waals surface area contributed by atoms with E-state index in [2.05, 4.69) is 52.0 Å². The Morgan fingerprint density at radius 3 is 2.41 bits per heavy atom. The van der Waals surface area contributed by atoms with Gasteiger partial charge in [0.15, 0.2) is 0 Å². The maximum absolute atomic E-state index is 12.9. The van der Waals surface area contributed by atoms with E-state index in [1.165, 1.54) is 41.5 Å². The molecule has 5 nitrogen and oxygen atoms in total. The molecule has 2 aliphatic heterocycles. The van der Waals surface area contributed by atoms with E-state index in [4.69, 9.17) is 4.74 Å². The van der Waals surface area contributed by atoms with Crippen molar-refractivity contribution in [3.63, 3.8) is 0 Å². The van der Waals surface area contributed by atoms with E-state index >= 15 is 0 Å². The van der Waals surface area contributed by atoms with Crippen molar-refractivity contribution in [1.82, 2.24) is 14.7 Å². The monoisotopic (exact) mass is 433 g/mol. The Hall–Kier alpha value is -2.37. The van der Waals surface area contributed by atoms with Crippen LogP contribution in [0.5, 0.6) is 5.75 Å². The van der Waals surface area contributed by atoms with Crippen LogP contribution in [-0.4, -0.2) is 73.0 Å². The third kappa shape index (κ3) is 4.41. The highest BCUT2D eigenvalue weighted by Gasteiger charge is 2.30. The Bertz CT molecular complexity index is 977. The average molecular weight is 434 g/mol. The van der Waals surface area contributed by atoms with E-state index in [9.17, 15) is 4.79 Å². The van der Waals surface area contributed by atoms with Crippen molar-refractivity contribution in [3.8, 4) is 16.9 Å². The summed E-state index contributed by atoms with van der Waals surface area (Å²) in [6.45, 7) is 8.33. The van der Waals surface area contributed by atoms with Gasteiger partial charge in [0.05, 0.1) is 13.7 Å². The topological polar surface area (TPSA) is 36.0 Å². The lowest BCUT2D eigenvalue weighted by Crippen LogP contribution is -2.55. The summed E-state index contributed by atoms with van der Waals surface area (Å²) in [7, 11) is 1.71. The van der Waals surface area contributed by atoms with Gasteiger partial charge < -0.3 is 9.64 Å². The zero-order chi connectivity index (χ0) is 22.1. The van der Waals surface area contributed by atoms with Gasteiger partial charge in [0.2, 0.25) is 5.91 Å². The maximum Gasteiger partial charge on any atom is 0.236 e. The molecule has 3 aliphatic rings. The lowest BCUT2D eigenvalue weighted by molar-refractivity contribution is -0.135. The molecule has 170 valence electrons. The Morgan fingerprint density at radius 1 is 0.969 bits per heavy atom. The lowest BCUT2D eigenvalue weighted by Gasteiger charge is -2.43. The largest absolute Gasteiger partial charge is 0.496 e. The van der Waals surface area contributed by atoms with Crippen LogP contribution in [0.15, 0.2) is 36.4 Å². The molecule has 2 aromatic rings. The number of ether oxygens (including phenoxy) is 1. The Balaban J connectivity index is 1.18. The summed E-state index contributed by atoms with van der Waals surface area (Å²) in [5.41, 5.74) is 6.40. The van der Waals surface area contributed by atoms with Crippen molar-refractivity contribution in [2.24, 2.45) is 0 Å². The van der Waals surface area contributed by atoms with Crippen LogP contribution in [0.25, 0.3) is 11.1 Å². The number of amides is 1. The van der Waals surface area contributed by atoms with Crippen molar-refractivity contribution in [1.29, 1.82) is 0 Å². The minimum absolute atomic E-state index is 0.298. The zero-order valence-corrected chi connectivity index (χ0v) is 19.5. The first-order valence-electron chi connectivity index (χ1n) is 12.1. The van der Waals surface area contributed by atoms with Crippen LogP contribution < -0.4 is 4.74 Å². The molecule has 1 amide bonds. The van der Waals surface area contributed by atoms with Gasteiger partial charge in [0, 0.05) is 45.3 Å². The summed E-state index contributed by atoms with van der Waals surface area (Å²) >= 11 is 0. The summed E-state index contributed by atoms with van der Waals surface area (Å²) in [6.07, 6.45) is 5.07. The van der Waals surface area contributed by atoms with Gasteiger partial charge in [0.25, 0.3) is 0 Å². The summed E-state index contributed by atoms with van der Waals surface area (Å²) in [5.74, 6) is 1.23. The number of rotatable bonds is 5. The molecule has 2 fully saturated rings. The van der Waals surface area contributed by atoms with E-state index < -0.39 is 0 Å². The summed E-state index contributed by atoms with van der Waals surface area (Å²) in [6, 6.07) is 13.9. The number of benzene rings is 2. The highest BCUT2D eigenvalue weighted by molar-refractivity contribution is 5.78.